The fraction of sp³-hybridized carbons (Fsp3) is 0. The van der Waals surface area contributed by atoms with Crippen LogP contribution in [-0.4, -0.2) is 0 Å². The molecule has 63 heavy (non-hydrogen) atoms. The molecule has 0 atom stereocenters. The van der Waals surface area contributed by atoms with Crippen LogP contribution in [0.4, 0.5) is 51.2 Å². The van der Waals surface area contributed by atoms with Gasteiger partial charge >= 0.3 is 0 Å². The minimum absolute atomic E-state index is 1.09. The molecule has 0 saturated heterocycles. The lowest BCUT2D eigenvalue weighted by molar-refractivity contribution is 1.27. The minimum Gasteiger partial charge on any atom is -0.310 e. The summed E-state index contributed by atoms with van der Waals surface area (Å²) >= 11 is 3.74. The molecule has 0 amide bonds. The second kappa shape index (κ2) is 15.6. The van der Waals surface area contributed by atoms with Crippen LogP contribution >= 0.6 is 22.7 Å². The van der Waals surface area contributed by atoms with E-state index in [1.54, 1.807) is 0 Å². The summed E-state index contributed by atoms with van der Waals surface area (Å²) < 4.78 is 5.07. The third-order valence-corrected chi connectivity index (χ3v) is 14.3. The van der Waals surface area contributed by atoms with Gasteiger partial charge in [-0.25, -0.2) is 0 Å². The Morgan fingerprint density at radius 1 is 0.238 bits per heavy atom. The van der Waals surface area contributed by atoms with E-state index >= 15 is 0 Å². The molecule has 0 spiro atoms. The van der Waals surface area contributed by atoms with Crippen LogP contribution in [0, 0.1) is 0 Å². The second-order valence-corrected chi connectivity index (χ2v) is 17.9. The Bertz CT molecular complexity index is 3490. The van der Waals surface area contributed by atoms with Crippen LogP contribution < -0.4 is 14.7 Å². The van der Waals surface area contributed by atoms with Gasteiger partial charge in [0.15, 0.2) is 0 Å². The van der Waals surface area contributed by atoms with Gasteiger partial charge < -0.3 is 14.7 Å². The predicted octanol–water partition coefficient (Wildman–Crippen LogP) is 18.0. The lowest BCUT2D eigenvalue weighted by Gasteiger charge is -2.30. The quantitative estimate of drug-likeness (QED) is 0.143. The summed E-state index contributed by atoms with van der Waals surface area (Å²) in [5.41, 5.74) is 9.96. The average Bonchev–Trinajstić information content (AvgIpc) is 3.92. The lowest BCUT2D eigenvalue weighted by Crippen LogP contribution is -2.13. The van der Waals surface area contributed by atoms with E-state index in [-0.39, 0.29) is 0 Å². The van der Waals surface area contributed by atoms with E-state index in [1.807, 2.05) is 22.7 Å². The number of rotatable bonds is 9. The largest absolute Gasteiger partial charge is 0.310 e. The van der Waals surface area contributed by atoms with E-state index in [4.69, 9.17) is 0 Å². The van der Waals surface area contributed by atoms with Crippen molar-refractivity contribution in [3.63, 3.8) is 0 Å². The average molecular weight is 842 g/mol. The molecule has 298 valence electrons. The van der Waals surface area contributed by atoms with Crippen LogP contribution in [0.1, 0.15) is 0 Å². The summed E-state index contributed by atoms with van der Waals surface area (Å²) in [7, 11) is 0. The summed E-state index contributed by atoms with van der Waals surface area (Å²) in [4.78, 5) is 7.29. The Balaban J connectivity index is 1.19. The van der Waals surface area contributed by atoms with E-state index < -0.39 is 0 Å². The van der Waals surface area contributed by atoms with Gasteiger partial charge in [-0.05, 0) is 103 Å². The molecule has 0 aliphatic rings. The van der Waals surface area contributed by atoms with Gasteiger partial charge in [-0.15, -0.1) is 22.7 Å². The number of anilines is 9. The molecule has 10 aromatic carbocycles. The molecule has 2 aromatic heterocycles. The summed E-state index contributed by atoms with van der Waals surface area (Å²) in [6.45, 7) is 0. The van der Waals surface area contributed by atoms with Crippen LogP contribution in [0.5, 0.6) is 0 Å². The Kier molecular flexibility index (Phi) is 9.21. The van der Waals surface area contributed by atoms with Crippen LogP contribution in [0.2, 0.25) is 0 Å². The topological polar surface area (TPSA) is 9.72 Å². The van der Waals surface area contributed by atoms with Crippen molar-refractivity contribution >= 4 is 125 Å². The van der Waals surface area contributed by atoms with Crippen LogP contribution in [0.25, 0.3) is 51.1 Å². The highest BCUT2D eigenvalue weighted by molar-refractivity contribution is 7.27. The maximum absolute atomic E-state index is 2.44. The third kappa shape index (κ3) is 6.49. The van der Waals surface area contributed by atoms with E-state index in [0.717, 1.165) is 51.2 Å². The first-order valence-corrected chi connectivity index (χ1v) is 22.9. The first-order chi connectivity index (χ1) is 31.3. The normalized spacial score (nSPS) is 11.5. The van der Waals surface area contributed by atoms with Gasteiger partial charge in [0.25, 0.3) is 0 Å². The van der Waals surface area contributed by atoms with Crippen LogP contribution in [0.3, 0.4) is 0 Å². The van der Waals surface area contributed by atoms with Crippen molar-refractivity contribution in [2.24, 2.45) is 0 Å². The summed E-state index contributed by atoms with van der Waals surface area (Å²) in [5, 5.41) is 7.43. The van der Waals surface area contributed by atoms with Crippen molar-refractivity contribution in [1.29, 1.82) is 0 Å². The zero-order chi connectivity index (χ0) is 41.7. The first-order valence-electron chi connectivity index (χ1n) is 21.3. The van der Waals surface area contributed by atoms with Gasteiger partial charge in [-0.1, -0.05) is 133 Å². The highest BCUT2D eigenvalue weighted by Gasteiger charge is 2.26. The van der Waals surface area contributed by atoms with E-state index in [1.165, 1.54) is 51.1 Å². The molecule has 0 aliphatic carbocycles. The minimum atomic E-state index is 1.09. The maximum Gasteiger partial charge on any atom is 0.0575 e. The van der Waals surface area contributed by atoms with Gasteiger partial charge in [0.1, 0.15) is 0 Å². The Morgan fingerprint density at radius 3 is 1.27 bits per heavy atom. The Morgan fingerprint density at radius 2 is 0.698 bits per heavy atom. The summed E-state index contributed by atoms with van der Waals surface area (Å²) in [5.74, 6) is 0. The van der Waals surface area contributed by atoms with Crippen molar-refractivity contribution in [3.05, 3.63) is 237 Å². The van der Waals surface area contributed by atoms with Gasteiger partial charge in [-0.3, -0.25) is 0 Å². The van der Waals surface area contributed by atoms with Gasteiger partial charge in [-0.2, -0.15) is 0 Å². The molecule has 2 heterocycles. The van der Waals surface area contributed by atoms with Crippen LogP contribution in [-0.2, 0) is 0 Å². The number of nitrogens with zero attached hydrogens (tertiary/aromatic N) is 3. The molecule has 0 unspecified atom stereocenters. The highest BCUT2D eigenvalue weighted by atomic mass is 32.1. The monoisotopic (exact) mass is 841 g/mol. The van der Waals surface area contributed by atoms with E-state index in [2.05, 4.69) is 251 Å². The molecule has 0 radical (unpaired) electrons. The fourth-order valence-electron chi connectivity index (χ4n) is 9.20. The molecule has 12 rings (SSSR count). The predicted molar refractivity (Wildman–Crippen MR) is 274 cm³/mol. The van der Waals surface area contributed by atoms with E-state index in [0.29, 0.717) is 0 Å². The Hall–Kier alpha value is -7.70. The molecule has 3 nitrogen and oxygen atoms in total. The molecule has 0 N–H and O–H groups in total. The van der Waals surface area contributed by atoms with Crippen LogP contribution in [0.15, 0.2) is 237 Å². The van der Waals surface area contributed by atoms with Crippen molar-refractivity contribution < 1.29 is 0 Å². The zero-order valence-corrected chi connectivity index (χ0v) is 35.8. The molecule has 0 saturated carbocycles. The fourth-order valence-corrected chi connectivity index (χ4v) is 11.6. The lowest BCUT2D eigenvalue weighted by atomic mass is 10.00. The van der Waals surface area contributed by atoms with Crippen molar-refractivity contribution in [2.45, 2.75) is 0 Å². The standard InChI is InChI=1S/C58H39N3S2/c1-6-20-40(21-7-1)59(45-34-35-55-50(36-45)48-31-18-19-33-54(48)62-55)46-37-53(61(43-26-12-4-13-27-43)44-28-14-5-15-29-44)57-51-39-52(47-30-16-17-32-49(47)58(51)63-56(57)38-46)60(41-22-8-2-9-23-41)42-24-10-3-11-25-42/h1-39H. The van der Waals surface area contributed by atoms with Gasteiger partial charge in [0.2, 0.25) is 0 Å². The van der Waals surface area contributed by atoms with Gasteiger partial charge in [0.05, 0.1) is 11.4 Å². The molecular weight excluding hydrogens is 803 g/mol. The summed E-state index contributed by atoms with van der Waals surface area (Å²) in [6, 6.07) is 85.9. The highest BCUT2D eigenvalue weighted by Crippen LogP contribution is 2.53. The number of fused-ring (bicyclic) bond motifs is 8. The number of hydrogen-bond acceptors (Lipinski definition) is 5. The molecule has 0 fully saturated rings. The number of para-hydroxylation sites is 5. The molecule has 0 bridgehead atoms. The molecular formula is C58H39N3S2. The third-order valence-electron chi connectivity index (χ3n) is 12.0. The van der Waals surface area contributed by atoms with Crippen molar-refractivity contribution in [2.75, 3.05) is 14.7 Å². The maximum atomic E-state index is 2.44. The zero-order valence-electron chi connectivity index (χ0n) is 34.2. The molecule has 0 aliphatic heterocycles. The SMILES string of the molecule is c1ccc(N(c2cc(N(c3ccccc3)c3ccccc3)c3c(c2)sc2c4ccccc4c(N(c4ccccc4)c4ccccc4)cc23)c2ccc3sc4ccccc4c3c2)cc1. The first kappa shape index (κ1) is 37.1. The van der Waals surface area contributed by atoms with Gasteiger partial charge in [0, 0.05) is 90.9 Å². The molecule has 12 aromatic rings. The van der Waals surface area contributed by atoms with E-state index in [9.17, 15) is 0 Å². The number of thiophene rings is 2. The smallest absolute Gasteiger partial charge is 0.0575 e. The number of hydrogen-bond donors (Lipinski definition) is 0. The molecule has 5 heteroatoms. The Labute approximate surface area is 374 Å². The second-order valence-electron chi connectivity index (χ2n) is 15.7. The number of benzene rings is 10. The van der Waals surface area contributed by atoms with Crippen molar-refractivity contribution in [3.8, 4) is 0 Å². The summed E-state index contributed by atoms with van der Waals surface area (Å²) in [6.07, 6.45) is 0. The van der Waals surface area contributed by atoms with Crippen molar-refractivity contribution in [1.82, 2.24) is 0 Å².